The fourth-order valence-electron chi connectivity index (χ4n) is 5.32. The van der Waals surface area contributed by atoms with Gasteiger partial charge < -0.3 is 34.3 Å². The van der Waals surface area contributed by atoms with Gasteiger partial charge in [-0.3, -0.25) is 4.79 Å². The molecule has 0 bridgehead atoms. The Morgan fingerprint density at radius 3 is 1.73 bits per heavy atom. The zero-order chi connectivity index (χ0) is 36.3. The molecule has 10 nitrogen and oxygen atoms in total. The lowest BCUT2D eigenvalue weighted by atomic mass is 10.1. The minimum atomic E-state index is -0.827. The van der Waals surface area contributed by atoms with E-state index >= 15 is 4.39 Å². The van der Waals surface area contributed by atoms with E-state index in [0.29, 0.717) is 22.9 Å². The number of hydrogen-bond donors (Lipinski definition) is 2. The third-order valence-electron chi connectivity index (χ3n) is 7.88. The monoisotopic (exact) mass is 700 g/mol. The Labute approximate surface area is 301 Å². The summed E-state index contributed by atoms with van der Waals surface area (Å²) in [5.74, 6) is 0.158. The standard InChI is InChI=1S/C41H37FN4O6/c1-27-19-32(22-34(48-2)37(27)49-3)44-41-43-23-33(42)39(46-41)45-40(47)31-20-35(50-24-28-13-7-4-8-14-28)38(52-26-30-17-11-6-12-18-30)36(21-31)51-25-29-15-9-5-10-16-29/h4-23H,24-26H2,1-3H3,(H2,43,44,45,46,47). The lowest BCUT2D eigenvalue weighted by molar-refractivity contribution is 0.102. The van der Waals surface area contributed by atoms with Crippen molar-refractivity contribution >= 4 is 23.4 Å². The smallest absolute Gasteiger partial charge is 0.257 e. The van der Waals surface area contributed by atoms with Gasteiger partial charge in [0.05, 0.1) is 20.4 Å². The molecule has 52 heavy (non-hydrogen) atoms. The molecule has 6 rings (SSSR count). The lowest BCUT2D eigenvalue weighted by Crippen LogP contribution is -2.16. The molecule has 0 aliphatic rings. The van der Waals surface area contributed by atoms with Crippen LogP contribution in [-0.2, 0) is 19.8 Å². The SMILES string of the molecule is COc1cc(Nc2ncc(F)c(NC(=O)c3cc(OCc4ccccc4)c(OCc4ccccc4)c(OCc4ccccc4)c3)n2)cc(C)c1OC. The first-order chi connectivity index (χ1) is 25.4. The van der Waals surface area contributed by atoms with Gasteiger partial charge in [-0.1, -0.05) is 91.0 Å². The quantitative estimate of drug-likeness (QED) is 0.109. The number of aromatic nitrogens is 2. The summed E-state index contributed by atoms with van der Waals surface area (Å²) in [5.41, 5.74) is 4.24. The Bertz CT molecular complexity index is 2050. The normalized spacial score (nSPS) is 10.6. The van der Waals surface area contributed by atoms with E-state index in [4.69, 9.17) is 23.7 Å². The summed E-state index contributed by atoms with van der Waals surface area (Å²) in [4.78, 5) is 22.1. The van der Waals surface area contributed by atoms with E-state index in [1.165, 1.54) is 7.11 Å². The van der Waals surface area contributed by atoms with Gasteiger partial charge in [-0.2, -0.15) is 4.98 Å². The number of aryl methyl sites for hydroxylation is 1. The van der Waals surface area contributed by atoms with E-state index in [1.54, 1.807) is 25.3 Å². The lowest BCUT2D eigenvalue weighted by Gasteiger charge is -2.19. The molecule has 0 saturated heterocycles. The summed E-state index contributed by atoms with van der Waals surface area (Å²) in [6, 6.07) is 35.5. The van der Waals surface area contributed by atoms with Crippen molar-refractivity contribution in [2.75, 3.05) is 24.9 Å². The molecule has 1 amide bonds. The second kappa shape index (κ2) is 16.9. The number of anilines is 3. The van der Waals surface area contributed by atoms with Crippen molar-refractivity contribution < 1.29 is 32.9 Å². The van der Waals surface area contributed by atoms with Gasteiger partial charge in [-0.05, 0) is 47.4 Å². The minimum Gasteiger partial charge on any atom is -0.493 e. The Morgan fingerprint density at radius 2 is 1.21 bits per heavy atom. The molecule has 11 heteroatoms. The molecular weight excluding hydrogens is 663 g/mol. The summed E-state index contributed by atoms with van der Waals surface area (Å²) >= 11 is 0. The highest BCUT2D eigenvalue weighted by molar-refractivity contribution is 6.04. The Kier molecular flexibility index (Phi) is 11.4. The zero-order valence-electron chi connectivity index (χ0n) is 28.9. The van der Waals surface area contributed by atoms with E-state index in [0.717, 1.165) is 28.5 Å². The van der Waals surface area contributed by atoms with Crippen molar-refractivity contribution in [1.82, 2.24) is 9.97 Å². The molecular formula is C41H37FN4O6. The van der Waals surface area contributed by atoms with Crippen LogP contribution in [0.1, 0.15) is 32.6 Å². The predicted molar refractivity (Wildman–Crippen MR) is 196 cm³/mol. The van der Waals surface area contributed by atoms with Gasteiger partial charge in [-0.15, -0.1) is 0 Å². The summed E-state index contributed by atoms with van der Waals surface area (Å²) < 4.78 is 44.9. The van der Waals surface area contributed by atoms with E-state index in [1.807, 2.05) is 104 Å². The molecule has 0 fully saturated rings. The van der Waals surface area contributed by atoms with Crippen LogP contribution in [0.4, 0.5) is 21.8 Å². The maximum absolute atomic E-state index is 15.1. The molecule has 0 atom stereocenters. The van der Waals surface area contributed by atoms with Crippen LogP contribution in [0, 0.1) is 12.7 Å². The summed E-state index contributed by atoms with van der Waals surface area (Å²) in [6.45, 7) is 2.46. The number of carbonyl (C=O) groups excluding carboxylic acids is 1. The van der Waals surface area contributed by atoms with E-state index in [-0.39, 0.29) is 48.6 Å². The molecule has 0 saturated carbocycles. The fourth-order valence-corrected chi connectivity index (χ4v) is 5.32. The Balaban J connectivity index is 1.32. The van der Waals surface area contributed by atoms with Crippen LogP contribution < -0.4 is 34.3 Å². The third-order valence-corrected chi connectivity index (χ3v) is 7.88. The van der Waals surface area contributed by atoms with E-state index < -0.39 is 11.7 Å². The van der Waals surface area contributed by atoms with Crippen molar-refractivity contribution in [2.24, 2.45) is 0 Å². The molecule has 0 unspecified atom stereocenters. The van der Waals surface area contributed by atoms with E-state index in [2.05, 4.69) is 20.6 Å². The zero-order valence-corrected chi connectivity index (χ0v) is 28.9. The van der Waals surface area contributed by atoms with Crippen LogP contribution in [0.5, 0.6) is 28.7 Å². The average Bonchev–Trinajstić information content (AvgIpc) is 3.17. The van der Waals surface area contributed by atoms with Gasteiger partial charge in [0.2, 0.25) is 11.7 Å². The van der Waals surface area contributed by atoms with Gasteiger partial charge in [0.15, 0.2) is 34.6 Å². The molecule has 0 spiro atoms. The van der Waals surface area contributed by atoms with E-state index in [9.17, 15) is 4.79 Å². The first kappa shape index (κ1) is 35.2. The average molecular weight is 701 g/mol. The number of benzene rings is 5. The van der Waals surface area contributed by atoms with Crippen LogP contribution in [0.3, 0.4) is 0 Å². The maximum atomic E-state index is 15.1. The highest BCUT2D eigenvalue weighted by atomic mass is 19.1. The molecule has 6 aromatic rings. The molecule has 1 heterocycles. The van der Waals surface area contributed by atoms with Crippen molar-refractivity contribution in [2.45, 2.75) is 26.7 Å². The largest absolute Gasteiger partial charge is 0.493 e. The van der Waals surface area contributed by atoms with Crippen molar-refractivity contribution in [3.05, 3.63) is 155 Å². The first-order valence-corrected chi connectivity index (χ1v) is 16.4. The number of nitrogens with zero attached hydrogens (tertiary/aromatic N) is 2. The fraction of sp³-hybridized carbons (Fsp3) is 0.146. The van der Waals surface area contributed by atoms with Crippen molar-refractivity contribution in [3.63, 3.8) is 0 Å². The van der Waals surface area contributed by atoms with Crippen LogP contribution in [-0.4, -0.2) is 30.1 Å². The number of halogens is 1. The summed E-state index contributed by atoms with van der Waals surface area (Å²) in [7, 11) is 3.08. The van der Waals surface area contributed by atoms with Gasteiger partial charge in [0, 0.05) is 17.3 Å². The molecule has 2 N–H and O–H groups in total. The number of ether oxygens (including phenoxy) is 5. The van der Waals surface area contributed by atoms with Crippen molar-refractivity contribution in [1.29, 1.82) is 0 Å². The maximum Gasteiger partial charge on any atom is 0.257 e. The van der Waals surface area contributed by atoms with Gasteiger partial charge in [-0.25, -0.2) is 9.37 Å². The second-order valence-corrected chi connectivity index (χ2v) is 11.6. The van der Waals surface area contributed by atoms with Crippen LogP contribution in [0.2, 0.25) is 0 Å². The number of methoxy groups -OCH3 is 2. The Morgan fingerprint density at radius 1 is 0.673 bits per heavy atom. The molecule has 0 aliphatic carbocycles. The van der Waals surface area contributed by atoms with Gasteiger partial charge >= 0.3 is 0 Å². The first-order valence-electron chi connectivity index (χ1n) is 16.4. The molecule has 0 aliphatic heterocycles. The highest BCUT2D eigenvalue weighted by Gasteiger charge is 2.22. The molecule has 1 aromatic heterocycles. The number of hydrogen-bond acceptors (Lipinski definition) is 9. The summed E-state index contributed by atoms with van der Waals surface area (Å²) in [6.07, 6.45) is 0.974. The van der Waals surface area contributed by atoms with Crippen LogP contribution in [0.25, 0.3) is 0 Å². The molecule has 0 radical (unpaired) electrons. The minimum absolute atomic E-state index is 0.0479. The highest BCUT2D eigenvalue weighted by Crippen LogP contribution is 2.41. The second-order valence-electron chi connectivity index (χ2n) is 11.6. The van der Waals surface area contributed by atoms with Crippen LogP contribution in [0.15, 0.2) is 121 Å². The number of carbonyl (C=O) groups is 1. The van der Waals surface area contributed by atoms with Gasteiger partial charge in [0.25, 0.3) is 5.91 Å². The van der Waals surface area contributed by atoms with Gasteiger partial charge in [0.1, 0.15) is 19.8 Å². The predicted octanol–water partition coefficient (Wildman–Crippen LogP) is 8.67. The topological polar surface area (TPSA) is 113 Å². The molecule has 5 aromatic carbocycles. The molecule has 264 valence electrons. The third kappa shape index (κ3) is 8.94. The van der Waals surface area contributed by atoms with Crippen LogP contribution >= 0.6 is 0 Å². The Hall–Kier alpha value is -6.62. The number of nitrogens with one attached hydrogen (secondary N) is 2. The number of rotatable bonds is 15. The van der Waals surface area contributed by atoms with Crippen molar-refractivity contribution in [3.8, 4) is 28.7 Å². The number of amides is 1. The summed E-state index contributed by atoms with van der Waals surface area (Å²) in [5, 5.41) is 5.62.